The predicted molar refractivity (Wildman–Crippen MR) is 75.1 cm³/mol. The first kappa shape index (κ1) is 13.4. The summed E-state index contributed by atoms with van der Waals surface area (Å²) in [6.07, 6.45) is 2.30. The molecule has 18 heavy (non-hydrogen) atoms. The van der Waals surface area contributed by atoms with Crippen molar-refractivity contribution < 1.29 is 4.74 Å². The van der Waals surface area contributed by atoms with Crippen molar-refractivity contribution in [1.29, 1.82) is 0 Å². The molecule has 1 aromatic rings. The molecule has 0 aliphatic carbocycles. The second-order valence-electron chi connectivity index (χ2n) is 5.33. The van der Waals surface area contributed by atoms with Crippen LogP contribution in [-0.4, -0.2) is 50.6 Å². The SMILES string of the molecule is CN(C)CCCN(C)C1CCOc2ccccc21. The lowest BCUT2D eigenvalue weighted by molar-refractivity contribution is 0.161. The first-order valence-electron chi connectivity index (χ1n) is 6.75. The van der Waals surface area contributed by atoms with Gasteiger partial charge in [0.15, 0.2) is 0 Å². The second-order valence-corrected chi connectivity index (χ2v) is 5.33. The molecule has 0 saturated carbocycles. The molecule has 2 rings (SSSR count). The first-order chi connectivity index (χ1) is 8.68. The molecule has 0 N–H and O–H groups in total. The van der Waals surface area contributed by atoms with Crippen molar-refractivity contribution >= 4 is 0 Å². The third-order valence-electron chi connectivity index (χ3n) is 3.58. The maximum atomic E-state index is 5.71. The van der Waals surface area contributed by atoms with Crippen LogP contribution in [0.1, 0.15) is 24.4 Å². The van der Waals surface area contributed by atoms with E-state index in [1.807, 2.05) is 6.07 Å². The smallest absolute Gasteiger partial charge is 0.124 e. The molecule has 3 nitrogen and oxygen atoms in total. The third kappa shape index (κ3) is 3.24. The zero-order chi connectivity index (χ0) is 13.0. The largest absolute Gasteiger partial charge is 0.493 e. The minimum atomic E-state index is 0.511. The van der Waals surface area contributed by atoms with Crippen LogP contribution < -0.4 is 4.74 Å². The van der Waals surface area contributed by atoms with Crippen molar-refractivity contribution in [1.82, 2.24) is 9.80 Å². The summed E-state index contributed by atoms with van der Waals surface area (Å²) in [5.41, 5.74) is 1.34. The van der Waals surface area contributed by atoms with E-state index in [0.717, 1.165) is 31.9 Å². The Balaban J connectivity index is 1.97. The molecular weight excluding hydrogens is 224 g/mol. The standard InChI is InChI=1S/C15H24N2O/c1-16(2)10-6-11-17(3)14-9-12-18-15-8-5-4-7-13(14)15/h4-5,7-8,14H,6,9-12H2,1-3H3. The van der Waals surface area contributed by atoms with Crippen LogP contribution in [0.5, 0.6) is 5.75 Å². The van der Waals surface area contributed by atoms with Gasteiger partial charge in [-0.25, -0.2) is 0 Å². The third-order valence-corrected chi connectivity index (χ3v) is 3.58. The quantitative estimate of drug-likeness (QED) is 0.796. The number of ether oxygens (including phenoxy) is 1. The summed E-state index contributed by atoms with van der Waals surface area (Å²) in [6.45, 7) is 3.12. The highest BCUT2D eigenvalue weighted by atomic mass is 16.5. The van der Waals surface area contributed by atoms with E-state index in [1.54, 1.807) is 0 Å². The average Bonchev–Trinajstić information content (AvgIpc) is 2.37. The average molecular weight is 248 g/mol. The lowest BCUT2D eigenvalue weighted by Gasteiger charge is -2.33. The van der Waals surface area contributed by atoms with E-state index in [-0.39, 0.29) is 0 Å². The van der Waals surface area contributed by atoms with E-state index in [1.165, 1.54) is 12.0 Å². The van der Waals surface area contributed by atoms with Gasteiger partial charge in [-0.2, -0.15) is 0 Å². The Bertz CT molecular complexity index is 379. The number of hydrogen-bond acceptors (Lipinski definition) is 3. The van der Waals surface area contributed by atoms with Crippen LogP contribution in [0.3, 0.4) is 0 Å². The molecule has 0 amide bonds. The molecule has 1 heterocycles. The Morgan fingerprint density at radius 1 is 1.17 bits per heavy atom. The van der Waals surface area contributed by atoms with E-state index in [4.69, 9.17) is 4.74 Å². The number of nitrogens with zero attached hydrogens (tertiary/aromatic N) is 2. The van der Waals surface area contributed by atoms with Gasteiger partial charge in [-0.3, -0.25) is 4.90 Å². The highest BCUT2D eigenvalue weighted by molar-refractivity contribution is 5.37. The second kappa shape index (κ2) is 6.21. The Kier molecular flexibility index (Phi) is 4.61. The van der Waals surface area contributed by atoms with E-state index < -0.39 is 0 Å². The summed E-state index contributed by atoms with van der Waals surface area (Å²) < 4.78 is 5.71. The Morgan fingerprint density at radius 3 is 2.72 bits per heavy atom. The highest BCUT2D eigenvalue weighted by Gasteiger charge is 2.24. The lowest BCUT2D eigenvalue weighted by Crippen LogP contribution is -2.31. The first-order valence-corrected chi connectivity index (χ1v) is 6.75. The summed E-state index contributed by atoms with van der Waals surface area (Å²) in [4.78, 5) is 4.70. The van der Waals surface area contributed by atoms with Gasteiger partial charge < -0.3 is 9.64 Å². The van der Waals surface area contributed by atoms with Crippen LogP contribution in [-0.2, 0) is 0 Å². The molecule has 0 spiro atoms. The zero-order valence-corrected chi connectivity index (χ0v) is 11.7. The molecule has 0 bridgehead atoms. The van der Waals surface area contributed by atoms with Crippen molar-refractivity contribution in [3.8, 4) is 5.75 Å². The fourth-order valence-electron chi connectivity index (χ4n) is 2.57. The molecule has 0 aromatic heterocycles. The topological polar surface area (TPSA) is 15.7 Å². The Labute approximate surface area is 110 Å². The molecule has 1 unspecified atom stereocenters. The molecule has 1 aliphatic rings. The molecular formula is C15H24N2O. The summed E-state index contributed by atoms with van der Waals surface area (Å²) in [5.74, 6) is 1.06. The normalized spacial score (nSPS) is 18.8. The molecule has 1 aliphatic heterocycles. The minimum absolute atomic E-state index is 0.511. The van der Waals surface area contributed by atoms with Crippen LogP contribution >= 0.6 is 0 Å². The van der Waals surface area contributed by atoms with Gasteiger partial charge in [0.2, 0.25) is 0 Å². The van der Waals surface area contributed by atoms with Gasteiger partial charge in [-0.1, -0.05) is 18.2 Å². The number of benzene rings is 1. The van der Waals surface area contributed by atoms with Gasteiger partial charge in [-0.05, 0) is 46.7 Å². The van der Waals surface area contributed by atoms with Crippen LogP contribution in [0.15, 0.2) is 24.3 Å². The maximum Gasteiger partial charge on any atom is 0.124 e. The number of hydrogen-bond donors (Lipinski definition) is 0. The van der Waals surface area contributed by atoms with Crippen molar-refractivity contribution in [3.63, 3.8) is 0 Å². The molecule has 0 radical (unpaired) electrons. The summed E-state index contributed by atoms with van der Waals surface area (Å²) >= 11 is 0. The van der Waals surface area contributed by atoms with Gasteiger partial charge in [-0.15, -0.1) is 0 Å². The molecule has 0 saturated heterocycles. The van der Waals surface area contributed by atoms with E-state index in [9.17, 15) is 0 Å². The molecule has 100 valence electrons. The van der Waals surface area contributed by atoms with Crippen molar-refractivity contribution in [2.75, 3.05) is 40.8 Å². The lowest BCUT2D eigenvalue weighted by atomic mass is 9.99. The molecule has 1 atom stereocenters. The minimum Gasteiger partial charge on any atom is -0.493 e. The molecule has 3 heteroatoms. The van der Waals surface area contributed by atoms with E-state index in [0.29, 0.717) is 6.04 Å². The van der Waals surface area contributed by atoms with Gasteiger partial charge in [0.05, 0.1) is 6.61 Å². The van der Waals surface area contributed by atoms with Crippen LogP contribution in [0.25, 0.3) is 0 Å². The highest BCUT2D eigenvalue weighted by Crippen LogP contribution is 2.34. The number of para-hydroxylation sites is 1. The van der Waals surface area contributed by atoms with Gasteiger partial charge >= 0.3 is 0 Å². The van der Waals surface area contributed by atoms with Crippen LogP contribution in [0.2, 0.25) is 0 Å². The fourth-order valence-corrected chi connectivity index (χ4v) is 2.57. The summed E-state index contributed by atoms with van der Waals surface area (Å²) in [6, 6.07) is 8.94. The van der Waals surface area contributed by atoms with Crippen LogP contribution in [0, 0.1) is 0 Å². The van der Waals surface area contributed by atoms with Gasteiger partial charge in [0, 0.05) is 18.0 Å². The zero-order valence-electron chi connectivity index (χ0n) is 11.7. The van der Waals surface area contributed by atoms with Crippen molar-refractivity contribution in [2.45, 2.75) is 18.9 Å². The number of rotatable bonds is 5. The van der Waals surface area contributed by atoms with Gasteiger partial charge in [0.1, 0.15) is 5.75 Å². The molecule has 0 fully saturated rings. The summed E-state index contributed by atoms with van der Waals surface area (Å²) in [7, 11) is 6.48. The van der Waals surface area contributed by atoms with Gasteiger partial charge in [0.25, 0.3) is 0 Å². The van der Waals surface area contributed by atoms with E-state index >= 15 is 0 Å². The molecule has 1 aromatic carbocycles. The van der Waals surface area contributed by atoms with E-state index in [2.05, 4.69) is 49.1 Å². The Morgan fingerprint density at radius 2 is 1.94 bits per heavy atom. The summed E-state index contributed by atoms with van der Waals surface area (Å²) in [5, 5.41) is 0. The number of fused-ring (bicyclic) bond motifs is 1. The van der Waals surface area contributed by atoms with Crippen molar-refractivity contribution in [2.24, 2.45) is 0 Å². The predicted octanol–water partition coefficient (Wildman–Crippen LogP) is 2.39. The fraction of sp³-hybridized carbons (Fsp3) is 0.600. The van der Waals surface area contributed by atoms with Crippen LogP contribution in [0.4, 0.5) is 0 Å². The Hall–Kier alpha value is -1.06. The monoisotopic (exact) mass is 248 g/mol. The maximum absolute atomic E-state index is 5.71. The van der Waals surface area contributed by atoms with Crippen molar-refractivity contribution in [3.05, 3.63) is 29.8 Å².